The number of amides is 2. The largest absolute Gasteiger partial charge is 0.394 e. The number of nitrogen functional groups attached to an aromatic ring is 1. The number of urea groups is 1. The molecule has 190 valence electrons. The maximum Gasteiger partial charge on any atom is 0.341 e. The highest BCUT2D eigenvalue weighted by Crippen LogP contribution is 2.49. The van der Waals surface area contributed by atoms with Gasteiger partial charge >= 0.3 is 6.03 Å². The average Bonchev–Trinajstić information content (AvgIpc) is 3.61. The van der Waals surface area contributed by atoms with Crippen molar-refractivity contribution in [3.63, 3.8) is 0 Å². The van der Waals surface area contributed by atoms with Crippen molar-refractivity contribution < 1.29 is 24.9 Å². The van der Waals surface area contributed by atoms with Crippen LogP contribution in [0.2, 0.25) is 0 Å². The van der Waals surface area contributed by atoms with Gasteiger partial charge in [-0.3, -0.25) is 4.57 Å². The maximum absolute atomic E-state index is 12.0. The molecule has 0 unspecified atom stereocenters. The van der Waals surface area contributed by atoms with Crippen molar-refractivity contribution in [1.29, 1.82) is 0 Å². The molecule has 2 aromatic heterocycles. The number of para-hydroxylation sites is 1. The Bertz CT molecular complexity index is 1260. The second-order valence-corrected chi connectivity index (χ2v) is 8.84. The van der Waals surface area contributed by atoms with Crippen molar-refractivity contribution in [2.45, 2.75) is 49.7 Å². The van der Waals surface area contributed by atoms with E-state index in [9.17, 15) is 20.1 Å². The molecule has 0 radical (unpaired) electrons. The second-order valence-electron chi connectivity index (χ2n) is 8.84. The lowest BCUT2D eigenvalue weighted by molar-refractivity contribution is -0.180. The normalized spacial score (nSPS) is 26.7. The molecule has 2 amide bonds. The second kappa shape index (κ2) is 9.73. The van der Waals surface area contributed by atoms with E-state index in [0.29, 0.717) is 5.69 Å². The van der Waals surface area contributed by atoms with Crippen LogP contribution in [0.1, 0.15) is 25.7 Å². The number of imidazole rings is 1. The number of fused-ring (bicyclic) bond motifs is 1. The molecule has 1 saturated carbocycles. The number of anilines is 2. The van der Waals surface area contributed by atoms with Crippen molar-refractivity contribution >= 4 is 34.6 Å². The Morgan fingerprint density at radius 3 is 2.67 bits per heavy atom. The first kappa shape index (κ1) is 24.0. The molecule has 0 bridgehead atoms. The predicted octanol–water partition coefficient (Wildman–Crippen LogP) is 1.18. The molecule has 3 aromatic rings. The number of carbonyl (C=O) groups is 1. The molecule has 14 nitrogen and oxygen atoms in total. The van der Waals surface area contributed by atoms with Gasteiger partial charge in [0.25, 0.3) is 5.95 Å². The number of aliphatic hydroxyl groups is 3. The van der Waals surface area contributed by atoms with Crippen molar-refractivity contribution in [3.8, 4) is 0 Å². The molecule has 7 N–H and O–H groups in total. The molecule has 2 aliphatic rings. The molecule has 1 aromatic carbocycles. The van der Waals surface area contributed by atoms with Crippen molar-refractivity contribution in [3.05, 3.63) is 36.7 Å². The number of aliphatic hydroxyl groups excluding tert-OH is 3. The topological polar surface area (TPSA) is 205 Å². The minimum Gasteiger partial charge on any atom is -0.394 e. The van der Waals surface area contributed by atoms with E-state index in [1.807, 2.05) is 6.07 Å². The number of nitrogens with zero attached hydrogens (tertiary/aromatic N) is 6. The van der Waals surface area contributed by atoms with E-state index < -0.39 is 36.7 Å². The average molecular weight is 498 g/mol. The summed E-state index contributed by atoms with van der Waals surface area (Å²) in [7, 11) is 0. The summed E-state index contributed by atoms with van der Waals surface area (Å²) < 4.78 is 7.70. The van der Waals surface area contributed by atoms with Gasteiger partial charge in [0, 0.05) is 11.6 Å². The van der Waals surface area contributed by atoms with Gasteiger partial charge in [-0.15, -0.1) is 0 Å². The third kappa shape index (κ3) is 4.13. The predicted molar refractivity (Wildman–Crippen MR) is 127 cm³/mol. The standard InChI is InChI=1S/C22H27N9O5/c23-18-15-19(27-20(26-18)28-30-29-21(35)25-13-8-2-1-3-9-13)31(11-24-15)22(12-6-4-5-7-12)17(34)16(33)14(10-32)36-22/h1-3,8-9,11-12,14,16-17,32-34H,4-7,10H2,(H4,23,25,26,27,28,29,35)/t14-,16-,17-,22-/m1/s1. The molecule has 14 heteroatoms. The Balaban J connectivity index is 1.46. The van der Waals surface area contributed by atoms with Gasteiger partial charge in [0.05, 0.1) is 12.9 Å². The molecule has 3 heterocycles. The molecular formula is C22H27N9O5. The number of rotatable bonds is 6. The lowest BCUT2D eigenvalue weighted by Gasteiger charge is -2.39. The Labute approximate surface area is 205 Å². The summed E-state index contributed by atoms with van der Waals surface area (Å²) >= 11 is 0. The fourth-order valence-corrected chi connectivity index (χ4v) is 5.05. The summed E-state index contributed by atoms with van der Waals surface area (Å²) in [6, 6.07) is 8.19. The van der Waals surface area contributed by atoms with Crippen LogP contribution >= 0.6 is 0 Å². The van der Waals surface area contributed by atoms with E-state index in [2.05, 4.69) is 36.0 Å². The minimum atomic E-state index is -1.42. The van der Waals surface area contributed by atoms with Gasteiger partial charge < -0.3 is 31.1 Å². The minimum absolute atomic E-state index is 0.00903. The third-order valence-electron chi connectivity index (χ3n) is 6.70. The number of benzene rings is 1. The zero-order chi connectivity index (χ0) is 25.3. The van der Waals surface area contributed by atoms with Gasteiger partial charge in [0.15, 0.2) is 17.2 Å². The van der Waals surface area contributed by atoms with Gasteiger partial charge in [0.2, 0.25) is 0 Å². The fraction of sp³-hybridized carbons (Fsp3) is 0.455. The Morgan fingerprint density at radius 2 is 1.97 bits per heavy atom. The number of ether oxygens (including phenoxy) is 1. The van der Waals surface area contributed by atoms with Crippen LogP contribution in [-0.4, -0.2) is 65.8 Å². The van der Waals surface area contributed by atoms with Crippen LogP contribution in [0.5, 0.6) is 0 Å². The van der Waals surface area contributed by atoms with Gasteiger partial charge in [-0.25, -0.2) is 15.2 Å². The Kier molecular flexibility index (Phi) is 6.49. The quantitative estimate of drug-likeness (QED) is 0.213. The lowest BCUT2D eigenvalue weighted by Crippen LogP contribution is -2.50. The first-order valence-electron chi connectivity index (χ1n) is 11.6. The van der Waals surface area contributed by atoms with Crippen LogP contribution in [0.3, 0.4) is 0 Å². The number of nitrogens with one attached hydrogen (secondary N) is 2. The summed E-state index contributed by atoms with van der Waals surface area (Å²) in [5.41, 5.74) is 7.94. The van der Waals surface area contributed by atoms with Crippen LogP contribution in [0.25, 0.3) is 11.2 Å². The van der Waals surface area contributed by atoms with Gasteiger partial charge in [-0.05, 0) is 25.0 Å². The number of nitrogens with two attached hydrogens (primary N) is 1. The highest BCUT2D eigenvalue weighted by atomic mass is 16.6. The van der Waals surface area contributed by atoms with Crippen molar-refractivity contribution in [1.82, 2.24) is 24.9 Å². The van der Waals surface area contributed by atoms with Crippen LogP contribution in [0.4, 0.5) is 22.2 Å². The molecule has 1 aliphatic carbocycles. The molecular weight excluding hydrogens is 470 g/mol. The SMILES string of the molecule is Nc1nc(N=NNC(=O)Nc2ccccc2)nc2c1ncn2[C@]1(C2CCCC2)O[C@H](CO)[C@@H](O)[C@H]1O. The highest BCUT2D eigenvalue weighted by Gasteiger charge is 2.60. The van der Waals surface area contributed by atoms with Crippen molar-refractivity contribution in [2.24, 2.45) is 16.3 Å². The molecule has 1 aliphatic heterocycles. The molecule has 4 atom stereocenters. The summed E-state index contributed by atoms with van der Waals surface area (Å²) in [6.45, 7) is -0.466. The number of carbonyl (C=O) groups excluding carboxylic acids is 1. The Morgan fingerprint density at radius 1 is 1.22 bits per heavy atom. The molecule has 0 spiro atoms. The molecule has 1 saturated heterocycles. The highest BCUT2D eigenvalue weighted by molar-refractivity contribution is 5.88. The monoisotopic (exact) mass is 497 g/mol. The van der Waals surface area contributed by atoms with Crippen LogP contribution in [0, 0.1) is 5.92 Å². The zero-order valence-electron chi connectivity index (χ0n) is 19.2. The van der Waals surface area contributed by atoms with Crippen molar-refractivity contribution in [2.75, 3.05) is 17.7 Å². The van der Waals surface area contributed by atoms with E-state index in [4.69, 9.17) is 10.5 Å². The lowest BCUT2D eigenvalue weighted by atomic mass is 9.87. The number of hydrogen-bond acceptors (Lipinski definition) is 11. The first-order valence-corrected chi connectivity index (χ1v) is 11.6. The van der Waals surface area contributed by atoms with Gasteiger partial charge in [0.1, 0.15) is 23.8 Å². The summed E-state index contributed by atoms with van der Waals surface area (Å²) in [5, 5.41) is 41.6. The number of hydrogen-bond donors (Lipinski definition) is 6. The van der Waals surface area contributed by atoms with Crippen LogP contribution in [0.15, 0.2) is 47.0 Å². The van der Waals surface area contributed by atoms with Gasteiger partial charge in [-0.2, -0.15) is 9.97 Å². The van der Waals surface area contributed by atoms with Crippen LogP contribution in [-0.2, 0) is 10.5 Å². The zero-order valence-corrected chi connectivity index (χ0v) is 19.2. The van der Waals surface area contributed by atoms with E-state index in [0.717, 1.165) is 25.7 Å². The molecule has 5 rings (SSSR count). The maximum atomic E-state index is 12.0. The van der Waals surface area contributed by atoms with E-state index in [-0.39, 0.29) is 28.8 Å². The summed E-state index contributed by atoms with van der Waals surface area (Å²) in [4.78, 5) is 24.8. The van der Waals surface area contributed by atoms with E-state index >= 15 is 0 Å². The van der Waals surface area contributed by atoms with E-state index in [1.165, 1.54) is 10.9 Å². The summed E-state index contributed by atoms with van der Waals surface area (Å²) in [6.07, 6.45) is 1.15. The molecule has 36 heavy (non-hydrogen) atoms. The summed E-state index contributed by atoms with van der Waals surface area (Å²) in [5.74, 6) is -0.314. The van der Waals surface area contributed by atoms with Gasteiger partial charge in [-0.1, -0.05) is 41.4 Å². The Hall–Kier alpha value is -3.72. The number of aromatic nitrogens is 4. The van der Waals surface area contributed by atoms with E-state index in [1.54, 1.807) is 24.3 Å². The first-order chi connectivity index (χ1) is 17.4. The van der Waals surface area contributed by atoms with Crippen LogP contribution < -0.4 is 16.5 Å². The molecule has 2 fully saturated rings. The fourth-order valence-electron chi connectivity index (χ4n) is 5.05. The third-order valence-corrected chi connectivity index (χ3v) is 6.70. The smallest absolute Gasteiger partial charge is 0.341 e.